The highest BCUT2D eigenvalue weighted by atomic mass is 16.4. The average Bonchev–Trinajstić information content (AvgIpc) is 2.77. The summed E-state index contributed by atoms with van der Waals surface area (Å²) in [5.41, 5.74) is 0.592. The van der Waals surface area contributed by atoms with Crippen molar-refractivity contribution in [3.8, 4) is 0 Å². The van der Waals surface area contributed by atoms with Crippen LogP contribution in [0.2, 0.25) is 0 Å². The van der Waals surface area contributed by atoms with Crippen molar-refractivity contribution in [2.75, 3.05) is 6.54 Å². The third-order valence-corrected chi connectivity index (χ3v) is 5.09. The van der Waals surface area contributed by atoms with Crippen molar-refractivity contribution in [3.05, 3.63) is 35.4 Å². The standard InChI is InChI=1S/C19H22N2O5/c1-2-6-12-7-5-10-15(19(26)20(12)11-16(22)23)21-17(24)13-8-3-4-9-14(13)18(21)25/h3-4,8-9,12,15H,2,5-7,10-11H2,1H3,(H,22,23)/t12-,15-/m0/s1. The van der Waals surface area contributed by atoms with Crippen molar-refractivity contribution in [1.29, 1.82) is 0 Å². The fourth-order valence-electron chi connectivity index (χ4n) is 3.91. The van der Waals surface area contributed by atoms with Gasteiger partial charge in [-0.05, 0) is 37.8 Å². The van der Waals surface area contributed by atoms with E-state index < -0.39 is 36.3 Å². The molecule has 0 bridgehead atoms. The van der Waals surface area contributed by atoms with Crippen LogP contribution in [-0.2, 0) is 9.59 Å². The fraction of sp³-hybridized carbons (Fsp3) is 0.474. The maximum absolute atomic E-state index is 13.1. The average molecular weight is 358 g/mol. The number of carboxylic acids is 1. The maximum atomic E-state index is 13.1. The minimum atomic E-state index is -1.09. The third kappa shape index (κ3) is 3.09. The number of nitrogens with zero attached hydrogens (tertiary/aromatic N) is 2. The van der Waals surface area contributed by atoms with Crippen molar-refractivity contribution in [1.82, 2.24) is 9.80 Å². The van der Waals surface area contributed by atoms with Crippen molar-refractivity contribution in [2.24, 2.45) is 0 Å². The van der Waals surface area contributed by atoms with Gasteiger partial charge in [-0.1, -0.05) is 25.5 Å². The zero-order valence-corrected chi connectivity index (χ0v) is 14.7. The number of carboxylic acid groups (broad SMARTS) is 1. The van der Waals surface area contributed by atoms with E-state index in [9.17, 15) is 24.3 Å². The van der Waals surface area contributed by atoms with Crippen LogP contribution in [0.15, 0.2) is 24.3 Å². The van der Waals surface area contributed by atoms with Crippen molar-refractivity contribution in [2.45, 2.75) is 51.1 Å². The Labute approximate surface area is 151 Å². The van der Waals surface area contributed by atoms with E-state index in [1.165, 1.54) is 4.90 Å². The van der Waals surface area contributed by atoms with Gasteiger partial charge >= 0.3 is 5.97 Å². The first kappa shape index (κ1) is 18.1. The number of likely N-dealkylation sites (tertiary alicyclic amines) is 1. The SMILES string of the molecule is CCC[C@H]1CCC[C@H](N2C(=O)c3ccccc3C2=O)C(=O)N1CC(=O)O. The largest absolute Gasteiger partial charge is 0.480 e. The number of carbonyl (C=O) groups is 4. The molecule has 1 saturated heterocycles. The first-order valence-electron chi connectivity index (χ1n) is 8.94. The van der Waals surface area contributed by atoms with Gasteiger partial charge in [0.2, 0.25) is 5.91 Å². The van der Waals surface area contributed by atoms with Crippen LogP contribution in [-0.4, -0.2) is 57.2 Å². The number of imide groups is 1. The van der Waals surface area contributed by atoms with Crippen LogP contribution in [0.5, 0.6) is 0 Å². The molecule has 7 nitrogen and oxygen atoms in total. The molecule has 7 heteroatoms. The van der Waals surface area contributed by atoms with Gasteiger partial charge in [0.25, 0.3) is 11.8 Å². The summed E-state index contributed by atoms with van der Waals surface area (Å²) in [6, 6.07) is 5.39. The Bertz CT molecular complexity index is 725. The predicted molar refractivity (Wildman–Crippen MR) is 92.6 cm³/mol. The van der Waals surface area contributed by atoms with Crippen molar-refractivity contribution < 1.29 is 24.3 Å². The summed E-state index contributed by atoms with van der Waals surface area (Å²) >= 11 is 0. The van der Waals surface area contributed by atoms with Gasteiger partial charge in [0.15, 0.2) is 0 Å². The van der Waals surface area contributed by atoms with E-state index in [0.29, 0.717) is 36.8 Å². The minimum absolute atomic E-state index is 0.177. The molecular weight excluding hydrogens is 336 g/mol. The molecular formula is C19H22N2O5. The molecule has 3 rings (SSSR count). The van der Waals surface area contributed by atoms with Crippen molar-refractivity contribution in [3.63, 3.8) is 0 Å². The summed E-state index contributed by atoms with van der Waals surface area (Å²) in [7, 11) is 0. The lowest BCUT2D eigenvalue weighted by Gasteiger charge is -2.32. The summed E-state index contributed by atoms with van der Waals surface area (Å²) in [5, 5.41) is 9.22. The monoisotopic (exact) mass is 358 g/mol. The summed E-state index contributed by atoms with van der Waals surface area (Å²) in [6.07, 6.45) is 3.22. The third-order valence-electron chi connectivity index (χ3n) is 5.09. The molecule has 1 fully saturated rings. The number of amides is 3. The number of benzene rings is 1. The van der Waals surface area contributed by atoms with E-state index in [0.717, 1.165) is 11.3 Å². The van der Waals surface area contributed by atoms with E-state index in [-0.39, 0.29) is 6.04 Å². The molecule has 26 heavy (non-hydrogen) atoms. The molecule has 1 N–H and O–H groups in total. The molecule has 0 saturated carbocycles. The van der Waals surface area contributed by atoms with Gasteiger partial charge in [0, 0.05) is 6.04 Å². The Kier molecular flexibility index (Phi) is 5.06. The Morgan fingerprint density at radius 2 is 1.73 bits per heavy atom. The summed E-state index contributed by atoms with van der Waals surface area (Å²) < 4.78 is 0. The van der Waals surface area contributed by atoms with Gasteiger partial charge in [0.05, 0.1) is 11.1 Å². The molecule has 0 radical (unpaired) electrons. The summed E-state index contributed by atoms with van der Waals surface area (Å²) in [6.45, 7) is 1.57. The molecule has 1 aromatic carbocycles. The van der Waals surface area contributed by atoms with Crippen LogP contribution in [0.1, 0.15) is 59.7 Å². The smallest absolute Gasteiger partial charge is 0.323 e. The number of aliphatic carboxylic acids is 1. The van der Waals surface area contributed by atoms with E-state index in [1.807, 2.05) is 6.92 Å². The quantitative estimate of drug-likeness (QED) is 0.812. The number of rotatable bonds is 5. The lowest BCUT2D eigenvalue weighted by molar-refractivity contribution is -0.147. The Morgan fingerprint density at radius 3 is 2.27 bits per heavy atom. The molecule has 0 aliphatic carbocycles. The number of carbonyl (C=O) groups excluding carboxylic acids is 3. The zero-order chi connectivity index (χ0) is 18.8. The molecule has 138 valence electrons. The maximum Gasteiger partial charge on any atom is 0.323 e. The molecule has 2 aliphatic rings. The molecule has 0 aromatic heterocycles. The van der Waals surface area contributed by atoms with E-state index in [1.54, 1.807) is 24.3 Å². The highest BCUT2D eigenvalue weighted by Gasteiger charge is 2.45. The highest BCUT2D eigenvalue weighted by molar-refractivity contribution is 6.22. The fourth-order valence-corrected chi connectivity index (χ4v) is 3.91. The first-order valence-corrected chi connectivity index (χ1v) is 8.94. The number of hydrogen-bond acceptors (Lipinski definition) is 4. The van der Waals surface area contributed by atoms with E-state index in [2.05, 4.69) is 0 Å². The van der Waals surface area contributed by atoms with Gasteiger partial charge in [-0.15, -0.1) is 0 Å². The second kappa shape index (κ2) is 7.27. The second-order valence-electron chi connectivity index (χ2n) is 6.77. The van der Waals surface area contributed by atoms with E-state index in [4.69, 9.17) is 0 Å². The Hall–Kier alpha value is -2.70. The Morgan fingerprint density at radius 1 is 1.12 bits per heavy atom. The van der Waals surface area contributed by atoms with Crippen LogP contribution in [0, 0.1) is 0 Å². The van der Waals surface area contributed by atoms with Crippen LogP contribution in [0.25, 0.3) is 0 Å². The normalized spacial score (nSPS) is 23.2. The van der Waals surface area contributed by atoms with Crippen LogP contribution in [0.4, 0.5) is 0 Å². The molecule has 0 unspecified atom stereocenters. The number of hydrogen-bond donors (Lipinski definition) is 1. The van der Waals surface area contributed by atoms with Gasteiger partial charge in [-0.2, -0.15) is 0 Å². The van der Waals surface area contributed by atoms with Crippen LogP contribution < -0.4 is 0 Å². The molecule has 2 atom stereocenters. The van der Waals surface area contributed by atoms with Gasteiger partial charge in [-0.25, -0.2) is 0 Å². The van der Waals surface area contributed by atoms with Gasteiger partial charge < -0.3 is 10.0 Å². The highest BCUT2D eigenvalue weighted by Crippen LogP contribution is 2.30. The summed E-state index contributed by atoms with van der Waals surface area (Å²) in [5.74, 6) is -2.50. The first-order chi connectivity index (χ1) is 12.5. The topological polar surface area (TPSA) is 95.0 Å². The molecule has 3 amide bonds. The van der Waals surface area contributed by atoms with Crippen LogP contribution >= 0.6 is 0 Å². The summed E-state index contributed by atoms with van der Waals surface area (Å²) in [4.78, 5) is 52.2. The van der Waals surface area contributed by atoms with Gasteiger partial charge in [0.1, 0.15) is 12.6 Å². The molecule has 0 spiro atoms. The molecule has 1 aromatic rings. The Balaban J connectivity index is 1.93. The second-order valence-corrected chi connectivity index (χ2v) is 6.77. The lowest BCUT2D eigenvalue weighted by Crippen LogP contribution is -2.53. The number of fused-ring (bicyclic) bond motifs is 1. The predicted octanol–water partition coefficient (Wildman–Crippen LogP) is 1.92. The van der Waals surface area contributed by atoms with Gasteiger partial charge in [-0.3, -0.25) is 24.1 Å². The van der Waals surface area contributed by atoms with E-state index >= 15 is 0 Å². The van der Waals surface area contributed by atoms with Crippen molar-refractivity contribution >= 4 is 23.7 Å². The van der Waals surface area contributed by atoms with Crippen LogP contribution in [0.3, 0.4) is 0 Å². The zero-order valence-electron chi connectivity index (χ0n) is 14.7. The molecule has 2 aliphatic heterocycles. The molecule has 2 heterocycles. The minimum Gasteiger partial charge on any atom is -0.480 e. The lowest BCUT2D eigenvalue weighted by atomic mass is 10.0.